The normalized spacial score (nSPS) is 22.6. The molecular weight excluding hydrogens is 197 g/mol. The molecule has 0 spiro atoms. The number of hydrogen-bond donors (Lipinski definition) is 1. The molecule has 1 unspecified atom stereocenters. The highest BCUT2D eigenvalue weighted by Crippen LogP contribution is 2.16. The summed E-state index contributed by atoms with van der Waals surface area (Å²) in [6, 6.07) is -0.619. The number of nitrogens with one attached hydrogen (secondary N) is 1. The Bertz CT molecular complexity index is 217. The Morgan fingerprint density at radius 3 is 2.64 bits per heavy atom. The molecular formula is C8H13F3N2O. The second-order valence-electron chi connectivity index (χ2n) is 3.61. The minimum atomic E-state index is -4.33. The van der Waals surface area contributed by atoms with Crippen LogP contribution in [0, 0.1) is 5.92 Å². The zero-order chi connectivity index (χ0) is 10.8. The molecule has 0 radical (unpaired) electrons. The third-order valence-corrected chi connectivity index (χ3v) is 2.15. The number of amides is 2. The number of nitrogens with zero attached hydrogens (tertiary/aromatic N) is 1. The van der Waals surface area contributed by atoms with Gasteiger partial charge in [0.25, 0.3) is 0 Å². The van der Waals surface area contributed by atoms with Crippen LogP contribution < -0.4 is 5.32 Å². The van der Waals surface area contributed by atoms with E-state index in [9.17, 15) is 18.0 Å². The number of halogens is 3. The molecule has 1 N–H and O–H groups in total. The summed E-state index contributed by atoms with van der Waals surface area (Å²) in [5.74, 6) is 0.381. The van der Waals surface area contributed by atoms with Gasteiger partial charge in [0.05, 0.1) is 0 Å². The standard InChI is InChI=1S/C8H13F3N2O/c1-6-2-3-13(4-6)7(14)12-5-8(9,10)11/h6H,2-5H2,1H3,(H,12,14). The van der Waals surface area contributed by atoms with Crippen molar-refractivity contribution in [1.29, 1.82) is 0 Å². The number of hydrogen-bond acceptors (Lipinski definition) is 1. The first-order valence-electron chi connectivity index (χ1n) is 4.48. The SMILES string of the molecule is CC1CCN(C(=O)NCC(F)(F)F)C1. The van der Waals surface area contributed by atoms with E-state index in [1.54, 1.807) is 0 Å². The first-order valence-corrected chi connectivity index (χ1v) is 4.48. The van der Waals surface area contributed by atoms with Crippen LogP contribution in [0.4, 0.5) is 18.0 Å². The van der Waals surface area contributed by atoms with Crippen molar-refractivity contribution in [2.75, 3.05) is 19.6 Å². The van der Waals surface area contributed by atoms with Gasteiger partial charge in [-0.25, -0.2) is 4.79 Å². The van der Waals surface area contributed by atoms with E-state index in [0.717, 1.165) is 6.42 Å². The predicted molar refractivity (Wildman–Crippen MR) is 44.8 cm³/mol. The van der Waals surface area contributed by atoms with Gasteiger partial charge in [-0.05, 0) is 12.3 Å². The van der Waals surface area contributed by atoms with Crippen molar-refractivity contribution < 1.29 is 18.0 Å². The van der Waals surface area contributed by atoms with Crippen molar-refractivity contribution in [3.8, 4) is 0 Å². The molecule has 2 amide bonds. The Balaban J connectivity index is 2.29. The predicted octanol–water partition coefficient (Wildman–Crippen LogP) is 1.60. The molecule has 1 aliphatic rings. The fourth-order valence-corrected chi connectivity index (χ4v) is 1.41. The van der Waals surface area contributed by atoms with Crippen molar-refractivity contribution in [2.24, 2.45) is 5.92 Å². The Morgan fingerprint density at radius 1 is 1.57 bits per heavy atom. The maximum atomic E-state index is 11.7. The Labute approximate surface area is 80.3 Å². The summed E-state index contributed by atoms with van der Waals surface area (Å²) in [6.45, 7) is 1.81. The summed E-state index contributed by atoms with van der Waals surface area (Å²) < 4.78 is 35.2. The van der Waals surface area contributed by atoms with Crippen LogP contribution >= 0.6 is 0 Å². The maximum absolute atomic E-state index is 11.7. The molecule has 0 aromatic heterocycles. The molecule has 0 aromatic carbocycles. The lowest BCUT2D eigenvalue weighted by Gasteiger charge is -2.17. The topological polar surface area (TPSA) is 32.3 Å². The zero-order valence-electron chi connectivity index (χ0n) is 7.90. The number of rotatable bonds is 1. The Hall–Kier alpha value is -0.940. The summed E-state index contributed by atoms with van der Waals surface area (Å²) in [5.41, 5.74) is 0. The van der Waals surface area contributed by atoms with Crippen LogP contribution in [0.5, 0.6) is 0 Å². The largest absolute Gasteiger partial charge is 0.405 e. The molecule has 1 rings (SSSR count). The van der Waals surface area contributed by atoms with Crippen molar-refractivity contribution in [2.45, 2.75) is 19.5 Å². The van der Waals surface area contributed by atoms with Crippen molar-refractivity contribution in [3.63, 3.8) is 0 Å². The summed E-state index contributed by atoms with van der Waals surface area (Å²) in [5, 5.41) is 1.85. The molecule has 1 atom stereocenters. The van der Waals surface area contributed by atoms with Gasteiger partial charge in [-0.15, -0.1) is 0 Å². The van der Waals surface area contributed by atoms with E-state index in [1.807, 2.05) is 12.2 Å². The van der Waals surface area contributed by atoms with E-state index in [0.29, 0.717) is 19.0 Å². The molecule has 0 aliphatic carbocycles. The smallest absolute Gasteiger partial charge is 0.329 e. The average Bonchev–Trinajstić information content (AvgIpc) is 2.46. The van der Waals surface area contributed by atoms with Crippen molar-refractivity contribution in [1.82, 2.24) is 10.2 Å². The van der Waals surface area contributed by atoms with Crippen LogP contribution in [0.25, 0.3) is 0 Å². The van der Waals surface area contributed by atoms with Crippen molar-refractivity contribution >= 4 is 6.03 Å². The zero-order valence-corrected chi connectivity index (χ0v) is 7.90. The summed E-state index contributed by atoms with van der Waals surface area (Å²) in [4.78, 5) is 12.6. The monoisotopic (exact) mass is 210 g/mol. The van der Waals surface area contributed by atoms with Crippen LogP contribution in [-0.4, -0.2) is 36.7 Å². The number of carbonyl (C=O) groups excluding carboxylic acids is 1. The summed E-state index contributed by atoms with van der Waals surface area (Å²) in [6.07, 6.45) is -3.47. The van der Waals surface area contributed by atoms with Gasteiger partial charge >= 0.3 is 12.2 Å². The van der Waals surface area contributed by atoms with Crippen LogP contribution in [-0.2, 0) is 0 Å². The fraction of sp³-hybridized carbons (Fsp3) is 0.875. The van der Waals surface area contributed by atoms with Gasteiger partial charge in [-0.1, -0.05) is 6.92 Å². The van der Waals surface area contributed by atoms with Crippen molar-refractivity contribution in [3.05, 3.63) is 0 Å². The van der Waals surface area contributed by atoms with Gasteiger partial charge in [0.1, 0.15) is 6.54 Å². The van der Waals surface area contributed by atoms with Gasteiger partial charge < -0.3 is 10.2 Å². The molecule has 14 heavy (non-hydrogen) atoms. The number of urea groups is 1. The van der Waals surface area contributed by atoms with Crippen LogP contribution in [0.2, 0.25) is 0 Å². The third-order valence-electron chi connectivity index (χ3n) is 2.15. The Kier molecular flexibility index (Phi) is 3.23. The van der Waals surface area contributed by atoms with Gasteiger partial charge in [-0.3, -0.25) is 0 Å². The molecule has 1 saturated heterocycles. The van der Waals surface area contributed by atoms with E-state index in [1.165, 1.54) is 4.90 Å². The third kappa shape index (κ3) is 3.43. The highest BCUT2D eigenvalue weighted by Gasteiger charge is 2.30. The molecule has 6 heteroatoms. The highest BCUT2D eigenvalue weighted by molar-refractivity contribution is 5.74. The second kappa shape index (κ2) is 4.06. The summed E-state index contributed by atoms with van der Waals surface area (Å²) in [7, 11) is 0. The highest BCUT2D eigenvalue weighted by atomic mass is 19.4. The minimum absolute atomic E-state index is 0.381. The summed E-state index contributed by atoms with van der Waals surface area (Å²) >= 11 is 0. The lowest BCUT2D eigenvalue weighted by atomic mass is 10.2. The molecule has 0 bridgehead atoms. The number of carbonyl (C=O) groups is 1. The van der Waals surface area contributed by atoms with E-state index < -0.39 is 18.8 Å². The first kappa shape index (κ1) is 11.1. The van der Waals surface area contributed by atoms with Gasteiger partial charge in [-0.2, -0.15) is 13.2 Å². The Morgan fingerprint density at radius 2 is 2.21 bits per heavy atom. The lowest BCUT2D eigenvalue weighted by molar-refractivity contribution is -0.123. The molecule has 3 nitrogen and oxygen atoms in total. The molecule has 82 valence electrons. The fourth-order valence-electron chi connectivity index (χ4n) is 1.41. The minimum Gasteiger partial charge on any atom is -0.329 e. The lowest BCUT2D eigenvalue weighted by Crippen LogP contribution is -2.42. The number of alkyl halides is 3. The maximum Gasteiger partial charge on any atom is 0.405 e. The average molecular weight is 210 g/mol. The van der Waals surface area contributed by atoms with Gasteiger partial charge in [0.15, 0.2) is 0 Å². The molecule has 0 saturated carbocycles. The molecule has 1 aliphatic heterocycles. The molecule has 0 aromatic rings. The van der Waals surface area contributed by atoms with Crippen LogP contribution in [0.3, 0.4) is 0 Å². The van der Waals surface area contributed by atoms with E-state index in [-0.39, 0.29) is 0 Å². The quantitative estimate of drug-likeness (QED) is 0.700. The first-order chi connectivity index (χ1) is 6.38. The second-order valence-corrected chi connectivity index (χ2v) is 3.61. The van der Waals surface area contributed by atoms with Gasteiger partial charge in [0.2, 0.25) is 0 Å². The van der Waals surface area contributed by atoms with E-state index in [4.69, 9.17) is 0 Å². The molecule has 1 heterocycles. The van der Waals surface area contributed by atoms with E-state index in [2.05, 4.69) is 0 Å². The van der Waals surface area contributed by atoms with Crippen LogP contribution in [0.1, 0.15) is 13.3 Å². The molecule has 1 fully saturated rings. The van der Waals surface area contributed by atoms with Gasteiger partial charge in [0, 0.05) is 13.1 Å². The van der Waals surface area contributed by atoms with E-state index >= 15 is 0 Å². The number of likely N-dealkylation sites (tertiary alicyclic amines) is 1. The van der Waals surface area contributed by atoms with Crippen LogP contribution in [0.15, 0.2) is 0 Å².